The molecule has 0 saturated carbocycles. The third-order valence-electron chi connectivity index (χ3n) is 2.49. The number of halogens is 1. The molecular weight excluding hydrogens is 260 g/mol. The fourth-order valence-electron chi connectivity index (χ4n) is 1.66. The number of thioether (sulfide) groups is 1. The first kappa shape index (κ1) is 14.3. The van der Waals surface area contributed by atoms with E-state index in [4.69, 9.17) is 4.74 Å². The van der Waals surface area contributed by atoms with Gasteiger partial charge in [0, 0.05) is 18.7 Å². The van der Waals surface area contributed by atoms with Crippen molar-refractivity contribution < 1.29 is 4.74 Å². The molecule has 1 aliphatic rings. The first-order chi connectivity index (χ1) is 7.81. The maximum absolute atomic E-state index is 5.14. The van der Waals surface area contributed by atoms with Gasteiger partial charge in [0.25, 0.3) is 0 Å². The van der Waals surface area contributed by atoms with Crippen molar-refractivity contribution in [2.75, 3.05) is 31.8 Å². The van der Waals surface area contributed by atoms with E-state index >= 15 is 0 Å². The van der Waals surface area contributed by atoms with Crippen molar-refractivity contribution in [2.45, 2.75) is 17.6 Å². The highest BCUT2D eigenvalue weighted by Gasteiger charge is 2.15. The van der Waals surface area contributed by atoms with Crippen molar-refractivity contribution in [3.8, 4) is 5.88 Å². The summed E-state index contributed by atoms with van der Waals surface area (Å²) < 4.78 is 5.14. The SMILES string of the molecule is COc1cc(NC2CCNC2)nc(SC)n1.Cl. The van der Waals surface area contributed by atoms with Crippen LogP contribution in [0.2, 0.25) is 0 Å². The largest absolute Gasteiger partial charge is 0.481 e. The van der Waals surface area contributed by atoms with Crippen LogP contribution in [0.15, 0.2) is 11.2 Å². The molecule has 1 saturated heterocycles. The lowest BCUT2D eigenvalue weighted by Gasteiger charge is -2.13. The number of aromatic nitrogens is 2. The average Bonchev–Trinajstić information content (AvgIpc) is 2.81. The summed E-state index contributed by atoms with van der Waals surface area (Å²) in [5.74, 6) is 1.44. The Morgan fingerprint density at radius 1 is 1.53 bits per heavy atom. The van der Waals surface area contributed by atoms with E-state index in [1.165, 1.54) is 11.8 Å². The van der Waals surface area contributed by atoms with Gasteiger partial charge in [-0.25, -0.2) is 4.98 Å². The van der Waals surface area contributed by atoms with Gasteiger partial charge in [0.05, 0.1) is 7.11 Å². The molecule has 1 aliphatic heterocycles. The fraction of sp³-hybridized carbons (Fsp3) is 0.600. The number of ether oxygens (including phenoxy) is 1. The van der Waals surface area contributed by atoms with Crippen molar-refractivity contribution in [1.29, 1.82) is 0 Å². The minimum absolute atomic E-state index is 0. The van der Waals surface area contributed by atoms with Crippen molar-refractivity contribution >= 4 is 30.0 Å². The highest BCUT2D eigenvalue weighted by atomic mass is 35.5. The van der Waals surface area contributed by atoms with Gasteiger partial charge in [-0.3, -0.25) is 0 Å². The molecule has 1 fully saturated rings. The van der Waals surface area contributed by atoms with E-state index < -0.39 is 0 Å². The Bertz CT molecular complexity index is 338. The molecule has 0 radical (unpaired) electrons. The van der Waals surface area contributed by atoms with E-state index in [1.807, 2.05) is 12.3 Å². The Labute approximate surface area is 112 Å². The summed E-state index contributed by atoms with van der Waals surface area (Å²) in [6.45, 7) is 2.05. The minimum Gasteiger partial charge on any atom is -0.481 e. The molecule has 0 aromatic carbocycles. The van der Waals surface area contributed by atoms with E-state index in [1.54, 1.807) is 7.11 Å². The Kier molecular flexibility index (Phi) is 5.80. The molecule has 1 aromatic heterocycles. The molecule has 1 aromatic rings. The van der Waals surface area contributed by atoms with Gasteiger partial charge >= 0.3 is 0 Å². The van der Waals surface area contributed by atoms with Crippen molar-refractivity contribution in [1.82, 2.24) is 15.3 Å². The highest BCUT2D eigenvalue weighted by Crippen LogP contribution is 2.19. The van der Waals surface area contributed by atoms with Gasteiger partial charge in [-0.15, -0.1) is 12.4 Å². The smallest absolute Gasteiger partial charge is 0.219 e. The molecule has 7 heteroatoms. The van der Waals surface area contributed by atoms with Crippen LogP contribution in [0.25, 0.3) is 0 Å². The van der Waals surface area contributed by atoms with Crippen LogP contribution in [-0.2, 0) is 0 Å². The third-order valence-corrected chi connectivity index (χ3v) is 3.03. The van der Waals surface area contributed by atoms with E-state index in [2.05, 4.69) is 20.6 Å². The predicted molar refractivity (Wildman–Crippen MR) is 72.5 cm³/mol. The zero-order valence-electron chi connectivity index (χ0n) is 9.90. The summed E-state index contributed by atoms with van der Waals surface area (Å²) in [6, 6.07) is 2.28. The molecule has 0 spiro atoms. The van der Waals surface area contributed by atoms with Crippen molar-refractivity contribution in [3.05, 3.63) is 6.07 Å². The topological polar surface area (TPSA) is 59.1 Å². The number of anilines is 1. The molecular formula is C10H17ClN4OS. The van der Waals surface area contributed by atoms with Crippen LogP contribution in [0.5, 0.6) is 5.88 Å². The molecule has 5 nitrogen and oxygen atoms in total. The van der Waals surface area contributed by atoms with Gasteiger partial charge in [0.2, 0.25) is 5.88 Å². The van der Waals surface area contributed by atoms with Crippen LogP contribution in [-0.4, -0.2) is 42.5 Å². The highest BCUT2D eigenvalue weighted by molar-refractivity contribution is 7.98. The van der Waals surface area contributed by atoms with E-state index in [0.717, 1.165) is 30.5 Å². The Morgan fingerprint density at radius 3 is 2.94 bits per heavy atom. The number of rotatable bonds is 4. The minimum atomic E-state index is 0. The third kappa shape index (κ3) is 3.90. The molecule has 1 atom stereocenters. The summed E-state index contributed by atoms with van der Waals surface area (Å²) in [4.78, 5) is 8.62. The molecule has 0 bridgehead atoms. The first-order valence-electron chi connectivity index (χ1n) is 5.26. The van der Waals surface area contributed by atoms with Crippen LogP contribution in [0, 0.1) is 0 Å². The van der Waals surface area contributed by atoms with Crippen LogP contribution in [0.3, 0.4) is 0 Å². The Hall–Kier alpha value is -0.720. The van der Waals surface area contributed by atoms with Crippen LogP contribution in [0.1, 0.15) is 6.42 Å². The van der Waals surface area contributed by atoms with Crippen molar-refractivity contribution in [3.63, 3.8) is 0 Å². The molecule has 0 amide bonds. The lowest BCUT2D eigenvalue weighted by molar-refractivity contribution is 0.392. The summed E-state index contributed by atoms with van der Waals surface area (Å²) in [6.07, 6.45) is 3.08. The van der Waals surface area contributed by atoms with Gasteiger partial charge in [0.1, 0.15) is 5.82 Å². The Balaban J connectivity index is 0.00000144. The monoisotopic (exact) mass is 276 g/mol. The zero-order valence-corrected chi connectivity index (χ0v) is 11.5. The molecule has 1 unspecified atom stereocenters. The van der Waals surface area contributed by atoms with Crippen LogP contribution in [0.4, 0.5) is 5.82 Å². The van der Waals surface area contributed by atoms with Crippen LogP contribution < -0.4 is 15.4 Å². The second-order valence-corrected chi connectivity index (χ2v) is 4.39. The van der Waals surface area contributed by atoms with Gasteiger partial charge in [-0.05, 0) is 19.2 Å². The molecule has 0 aliphatic carbocycles. The molecule has 2 N–H and O–H groups in total. The summed E-state index contributed by atoms with van der Waals surface area (Å²) in [5.41, 5.74) is 0. The summed E-state index contributed by atoms with van der Waals surface area (Å²) in [5, 5.41) is 7.42. The lowest BCUT2D eigenvalue weighted by Crippen LogP contribution is -2.22. The normalized spacial score (nSPS) is 18.6. The number of hydrogen-bond acceptors (Lipinski definition) is 6. The molecule has 96 valence electrons. The average molecular weight is 277 g/mol. The number of nitrogens with one attached hydrogen (secondary N) is 2. The summed E-state index contributed by atoms with van der Waals surface area (Å²) in [7, 11) is 1.62. The number of hydrogen-bond donors (Lipinski definition) is 2. The Morgan fingerprint density at radius 2 is 2.35 bits per heavy atom. The lowest BCUT2D eigenvalue weighted by atomic mass is 10.2. The molecule has 17 heavy (non-hydrogen) atoms. The predicted octanol–water partition coefficient (Wildman–Crippen LogP) is 1.40. The maximum Gasteiger partial charge on any atom is 0.219 e. The van der Waals surface area contributed by atoms with Crippen LogP contribution >= 0.6 is 24.2 Å². The second kappa shape index (κ2) is 6.88. The van der Waals surface area contributed by atoms with E-state index in [9.17, 15) is 0 Å². The quantitative estimate of drug-likeness (QED) is 0.640. The van der Waals surface area contributed by atoms with Crippen molar-refractivity contribution in [2.24, 2.45) is 0 Å². The van der Waals surface area contributed by atoms with Gasteiger partial charge in [-0.2, -0.15) is 4.98 Å². The van der Waals surface area contributed by atoms with E-state index in [-0.39, 0.29) is 12.4 Å². The number of nitrogens with zero attached hydrogens (tertiary/aromatic N) is 2. The molecule has 2 rings (SSSR count). The van der Waals surface area contributed by atoms with E-state index in [0.29, 0.717) is 11.9 Å². The standard InChI is InChI=1S/C10H16N4OS.ClH/c1-15-9-5-8(13-10(14-9)16-2)12-7-3-4-11-6-7;/h5,7,11H,3-4,6H2,1-2H3,(H,12,13,14);1H. The first-order valence-corrected chi connectivity index (χ1v) is 6.48. The maximum atomic E-state index is 5.14. The zero-order chi connectivity index (χ0) is 11.4. The summed E-state index contributed by atoms with van der Waals surface area (Å²) >= 11 is 1.51. The fourth-order valence-corrected chi connectivity index (χ4v) is 2.03. The molecule has 2 heterocycles. The number of methoxy groups -OCH3 is 1. The van der Waals surface area contributed by atoms with Gasteiger partial charge < -0.3 is 15.4 Å². The second-order valence-electron chi connectivity index (χ2n) is 3.62. The van der Waals surface area contributed by atoms with Gasteiger partial charge in [0.15, 0.2) is 5.16 Å². The van der Waals surface area contributed by atoms with Gasteiger partial charge in [-0.1, -0.05) is 11.8 Å².